The number of benzene rings is 2. The van der Waals surface area contributed by atoms with Gasteiger partial charge in [-0.2, -0.15) is 0 Å². The van der Waals surface area contributed by atoms with Gasteiger partial charge in [0, 0.05) is 19.2 Å². The van der Waals surface area contributed by atoms with Crippen LogP contribution in [0.25, 0.3) is 0 Å². The number of carbonyl (C=O) groups is 2. The highest BCUT2D eigenvalue weighted by atomic mass is 16.4. The molecule has 4 N–H and O–H groups in total. The molecule has 31 heavy (non-hydrogen) atoms. The number of amides is 1. The lowest BCUT2D eigenvalue weighted by atomic mass is 9.94. The topological polar surface area (TPSA) is 110 Å². The summed E-state index contributed by atoms with van der Waals surface area (Å²) in [6, 6.07) is 11.1. The molecule has 7 heteroatoms. The Labute approximate surface area is 182 Å². The van der Waals surface area contributed by atoms with Crippen LogP contribution in [0.1, 0.15) is 60.1 Å². The van der Waals surface area contributed by atoms with Crippen molar-refractivity contribution < 1.29 is 24.9 Å². The normalized spacial score (nSPS) is 15.8. The first-order valence-electron chi connectivity index (χ1n) is 10.6. The molecule has 2 aromatic rings. The van der Waals surface area contributed by atoms with E-state index in [1.807, 2.05) is 32.0 Å². The van der Waals surface area contributed by atoms with Crippen molar-refractivity contribution >= 4 is 11.9 Å². The van der Waals surface area contributed by atoms with Crippen molar-refractivity contribution in [3.05, 3.63) is 59.2 Å². The Bertz CT molecular complexity index is 921. The minimum atomic E-state index is -0.914. The predicted octanol–water partition coefficient (Wildman–Crippen LogP) is 3.49. The summed E-state index contributed by atoms with van der Waals surface area (Å²) in [6.07, 6.45) is 1.49. The second-order valence-corrected chi connectivity index (χ2v) is 8.41. The zero-order chi connectivity index (χ0) is 22.5. The Kier molecular flexibility index (Phi) is 7.17. The predicted molar refractivity (Wildman–Crippen MR) is 117 cm³/mol. The van der Waals surface area contributed by atoms with Crippen LogP contribution in [0.15, 0.2) is 42.5 Å². The molecule has 1 saturated heterocycles. The molecule has 3 rings (SSSR count). The van der Waals surface area contributed by atoms with Gasteiger partial charge in [-0.25, -0.2) is 0 Å². The number of carboxylic acids is 1. The minimum absolute atomic E-state index is 0.0137. The number of rotatable bonds is 7. The van der Waals surface area contributed by atoms with Crippen molar-refractivity contribution in [3.63, 3.8) is 0 Å². The molecule has 0 saturated carbocycles. The van der Waals surface area contributed by atoms with Crippen molar-refractivity contribution in [2.24, 2.45) is 5.92 Å². The van der Waals surface area contributed by atoms with E-state index in [0.717, 1.165) is 12.8 Å². The molecule has 1 fully saturated rings. The maximum absolute atomic E-state index is 12.9. The first-order valence-corrected chi connectivity index (χ1v) is 10.6. The Balaban J connectivity index is 1.59. The number of nitrogens with zero attached hydrogens (tertiary/aromatic N) is 1. The molecule has 0 unspecified atom stereocenters. The van der Waals surface area contributed by atoms with E-state index in [0.29, 0.717) is 30.8 Å². The highest BCUT2D eigenvalue weighted by molar-refractivity contribution is 5.97. The van der Waals surface area contributed by atoms with Gasteiger partial charge in [-0.05, 0) is 48.4 Å². The highest BCUT2D eigenvalue weighted by Crippen LogP contribution is 2.33. The number of hydrogen-bond acceptors (Lipinski definition) is 5. The molecule has 1 atom stereocenters. The molecule has 1 amide bonds. The fourth-order valence-corrected chi connectivity index (χ4v) is 4.02. The third kappa shape index (κ3) is 5.35. The summed E-state index contributed by atoms with van der Waals surface area (Å²) < 4.78 is 0. The van der Waals surface area contributed by atoms with Gasteiger partial charge in [0.25, 0.3) is 5.91 Å². The molecule has 0 aliphatic carbocycles. The molecule has 0 spiro atoms. The van der Waals surface area contributed by atoms with Gasteiger partial charge in [0.15, 0.2) is 0 Å². The van der Waals surface area contributed by atoms with Crippen LogP contribution in [0.5, 0.6) is 11.5 Å². The third-order valence-electron chi connectivity index (χ3n) is 5.89. The summed E-state index contributed by atoms with van der Waals surface area (Å²) >= 11 is 0. The average molecular weight is 427 g/mol. The van der Waals surface area contributed by atoms with Crippen LogP contribution in [0.3, 0.4) is 0 Å². The van der Waals surface area contributed by atoms with Gasteiger partial charge in [0.05, 0.1) is 5.56 Å². The molecule has 7 nitrogen and oxygen atoms in total. The second-order valence-electron chi connectivity index (χ2n) is 8.41. The van der Waals surface area contributed by atoms with E-state index in [1.54, 1.807) is 23.1 Å². The van der Waals surface area contributed by atoms with E-state index < -0.39 is 12.0 Å². The lowest BCUT2D eigenvalue weighted by molar-refractivity contribution is -0.139. The van der Waals surface area contributed by atoms with E-state index >= 15 is 0 Å². The SMILES string of the molecule is CC(C)c1cc(C(=O)N2CCC(CN[C@H](C(=O)O)c3ccccc3)CC2)c(O)cc1O. The van der Waals surface area contributed by atoms with E-state index in [-0.39, 0.29) is 34.8 Å². The quantitative estimate of drug-likeness (QED) is 0.540. The second kappa shape index (κ2) is 9.83. The van der Waals surface area contributed by atoms with E-state index in [2.05, 4.69) is 5.32 Å². The van der Waals surface area contributed by atoms with Crippen molar-refractivity contribution in [2.45, 2.75) is 38.6 Å². The van der Waals surface area contributed by atoms with Gasteiger partial charge in [-0.15, -0.1) is 0 Å². The van der Waals surface area contributed by atoms with Crippen LogP contribution in [0.4, 0.5) is 0 Å². The number of carbonyl (C=O) groups excluding carboxylic acids is 1. The number of aromatic hydroxyl groups is 2. The van der Waals surface area contributed by atoms with Gasteiger partial charge in [0.2, 0.25) is 0 Å². The fourth-order valence-electron chi connectivity index (χ4n) is 4.02. The fraction of sp³-hybridized carbons (Fsp3) is 0.417. The summed E-state index contributed by atoms with van der Waals surface area (Å²) in [5, 5.41) is 32.9. The van der Waals surface area contributed by atoms with Gasteiger partial charge in [-0.3, -0.25) is 9.59 Å². The summed E-state index contributed by atoms with van der Waals surface area (Å²) in [7, 11) is 0. The minimum Gasteiger partial charge on any atom is -0.508 e. The van der Waals surface area contributed by atoms with Gasteiger partial charge >= 0.3 is 5.97 Å². The van der Waals surface area contributed by atoms with Crippen LogP contribution in [-0.4, -0.2) is 51.7 Å². The van der Waals surface area contributed by atoms with Crippen molar-refractivity contribution in [1.29, 1.82) is 0 Å². The number of phenolic OH excluding ortho intramolecular Hbond substituents is 2. The number of nitrogens with one attached hydrogen (secondary N) is 1. The van der Waals surface area contributed by atoms with Crippen LogP contribution >= 0.6 is 0 Å². The number of piperidine rings is 1. The maximum Gasteiger partial charge on any atom is 0.325 e. The van der Waals surface area contributed by atoms with E-state index in [4.69, 9.17) is 0 Å². The Morgan fingerprint density at radius 2 is 1.71 bits per heavy atom. The summed E-state index contributed by atoms with van der Waals surface area (Å²) in [5.74, 6) is -1.12. The first-order chi connectivity index (χ1) is 14.8. The number of hydrogen-bond donors (Lipinski definition) is 4. The van der Waals surface area contributed by atoms with Gasteiger partial charge < -0.3 is 25.5 Å². The van der Waals surface area contributed by atoms with E-state index in [9.17, 15) is 24.9 Å². The van der Waals surface area contributed by atoms with Crippen LogP contribution in [-0.2, 0) is 4.79 Å². The molecule has 1 aliphatic heterocycles. The molecule has 0 radical (unpaired) electrons. The lowest BCUT2D eigenvalue weighted by Crippen LogP contribution is -2.42. The van der Waals surface area contributed by atoms with Gasteiger partial charge in [0.1, 0.15) is 17.5 Å². The van der Waals surface area contributed by atoms with Crippen LogP contribution < -0.4 is 5.32 Å². The highest BCUT2D eigenvalue weighted by Gasteiger charge is 2.28. The van der Waals surface area contributed by atoms with E-state index in [1.165, 1.54) is 6.07 Å². The average Bonchev–Trinajstić information content (AvgIpc) is 2.74. The van der Waals surface area contributed by atoms with Crippen molar-refractivity contribution in [3.8, 4) is 11.5 Å². The summed E-state index contributed by atoms with van der Waals surface area (Å²) in [6.45, 7) is 5.45. The van der Waals surface area contributed by atoms with Crippen molar-refractivity contribution in [2.75, 3.05) is 19.6 Å². The standard InChI is InChI=1S/C24H30N2O5/c1-15(2)18-12-19(21(28)13-20(18)27)23(29)26-10-8-16(9-11-26)14-25-22(24(30)31)17-6-4-3-5-7-17/h3-7,12-13,15-16,22,25,27-28H,8-11,14H2,1-2H3,(H,30,31)/t22-/m0/s1. The molecule has 1 heterocycles. The first kappa shape index (κ1) is 22.6. The third-order valence-corrected chi connectivity index (χ3v) is 5.89. The van der Waals surface area contributed by atoms with Crippen molar-refractivity contribution in [1.82, 2.24) is 10.2 Å². The number of aliphatic carboxylic acids is 1. The molecule has 0 bridgehead atoms. The molecule has 166 valence electrons. The monoisotopic (exact) mass is 426 g/mol. The number of phenols is 2. The molecular formula is C24H30N2O5. The molecular weight excluding hydrogens is 396 g/mol. The Morgan fingerprint density at radius 3 is 2.29 bits per heavy atom. The zero-order valence-corrected chi connectivity index (χ0v) is 17.9. The van der Waals surface area contributed by atoms with Crippen LogP contribution in [0.2, 0.25) is 0 Å². The van der Waals surface area contributed by atoms with Gasteiger partial charge in [-0.1, -0.05) is 44.2 Å². The van der Waals surface area contributed by atoms with Crippen LogP contribution in [0, 0.1) is 5.92 Å². The summed E-state index contributed by atoms with van der Waals surface area (Å²) in [4.78, 5) is 26.3. The molecule has 2 aromatic carbocycles. The Morgan fingerprint density at radius 1 is 1.06 bits per heavy atom. The Hall–Kier alpha value is -3.06. The lowest BCUT2D eigenvalue weighted by Gasteiger charge is -2.33. The zero-order valence-electron chi connectivity index (χ0n) is 17.9. The molecule has 1 aliphatic rings. The number of likely N-dealkylation sites (tertiary alicyclic amines) is 1. The molecule has 0 aromatic heterocycles. The number of carboxylic acid groups (broad SMARTS) is 1. The smallest absolute Gasteiger partial charge is 0.325 e. The maximum atomic E-state index is 12.9. The largest absolute Gasteiger partial charge is 0.508 e. The summed E-state index contributed by atoms with van der Waals surface area (Å²) in [5.41, 5.74) is 1.54.